The molecule has 1 atom stereocenters. The SMILES string of the molecule is O=C1c2cc(Cl)ccc2OCC1(O)c1ccccc1. The van der Waals surface area contributed by atoms with E-state index in [0.717, 1.165) is 0 Å². The molecule has 0 aromatic heterocycles. The summed E-state index contributed by atoms with van der Waals surface area (Å²) in [4.78, 5) is 12.5. The zero-order valence-electron chi connectivity index (χ0n) is 9.97. The minimum atomic E-state index is -1.65. The fourth-order valence-corrected chi connectivity index (χ4v) is 2.38. The number of hydrogen-bond donors (Lipinski definition) is 1. The molecule has 1 unspecified atom stereocenters. The second kappa shape index (κ2) is 4.37. The largest absolute Gasteiger partial charge is 0.489 e. The second-order valence-electron chi connectivity index (χ2n) is 4.48. The van der Waals surface area contributed by atoms with Crippen molar-refractivity contribution in [2.24, 2.45) is 0 Å². The molecule has 0 fully saturated rings. The first-order valence-electron chi connectivity index (χ1n) is 5.86. The average Bonchev–Trinajstić information content (AvgIpc) is 2.45. The van der Waals surface area contributed by atoms with E-state index in [-0.39, 0.29) is 12.4 Å². The highest BCUT2D eigenvalue weighted by Gasteiger charge is 2.43. The van der Waals surface area contributed by atoms with Crippen LogP contribution in [-0.4, -0.2) is 17.5 Å². The molecule has 0 aliphatic carbocycles. The first-order chi connectivity index (χ1) is 9.11. The van der Waals surface area contributed by atoms with Gasteiger partial charge in [0.1, 0.15) is 12.4 Å². The fraction of sp³-hybridized carbons (Fsp3) is 0.133. The van der Waals surface area contributed by atoms with Crippen LogP contribution in [-0.2, 0) is 5.60 Å². The third-order valence-electron chi connectivity index (χ3n) is 3.25. The lowest BCUT2D eigenvalue weighted by Gasteiger charge is -2.32. The molecule has 1 N–H and O–H groups in total. The summed E-state index contributed by atoms with van der Waals surface area (Å²) < 4.78 is 5.49. The van der Waals surface area contributed by atoms with E-state index in [0.29, 0.717) is 21.9 Å². The Labute approximate surface area is 115 Å². The number of hydrogen-bond acceptors (Lipinski definition) is 3. The Morgan fingerprint density at radius 2 is 1.89 bits per heavy atom. The molecule has 0 amide bonds. The van der Waals surface area contributed by atoms with E-state index < -0.39 is 5.60 Å². The predicted molar refractivity (Wildman–Crippen MR) is 71.6 cm³/mol. The Morgan fingerprint density at radius 1 is 1.16 bits per heavy atom. The molecule has 2 aromatic carbocycles. The summed E-state index contributed by atoms with van der Waals surface area (Å²) in [5.41, 5.74) is -0.824. The van der Waals surface area contributed by atoms with E-state index in [1.54, 1.807) is 36.4 Å². The van der Waals surface area contributed by atoms with Gasteiger partial charge in [-0.2, -0.15) is 0 Å². The molecular weight excluding hydrogens is 264 g/mol. The summed E-state index contributed by atoms with van der Waals surface area (Å²) >= 11 is 5.89. The van der Waals surface area contributed by atoms with Gasteiger partial charge in [0.2, 0.25) is 5.78 Å². The number of Topliss-reactive ketones (excluding diaryl/α,β-unsaturated/α-hetero) is 1. The molecular formula is C15H11ClO3. The van der Waals surface area contributed by atoms with Crippen LogP contribution in [0.25, 0.3) is 0 Å². The summed E-state index contributed by atoms with van der Waals surface area (Å²) in [6.07, 6.45) is 0. The van der Waals surface area contributed by atoms with Crippen molar-refractivity contribution < 1.29 is 14.6 Å². The van der Waals surface area contributed by atoms with Crippen LogP contribution in [0.4, 0.5) is 0 Å². The van der Waals surface area contributed by atoms with Gasteiger partial charge in [-0.25, -0.2) is 0 Å². The number of carbonyl (C=O) groups excluding carboxylic acids is 1. The number of benzene rings is 2. The number of rotatable bonds is 1. The topological polar surface area (TPSA) is 46.5 Å². The molecule has 0 bridgehead atoms. The van der Waals surface area contributed by atoms with E-state index in [9.17, 15) is 9.90 Å². The maximum atomic E-state index is 12.5. The zero-order valence-corrected chi connectivity index (χ0v) is 10.7. The lowest BCUT2D eigenvalue weighted by molar-refractivity contribution is -0.00504. The highest BCUT2D eigenvalue weighted by Crippen LogP contribution is 2.36. The molecule has 0 radical (unpaired) electrons. The molecule has 2 aromatic rings. The van der Waals surface area contributed by atoms with Crippen molar-refractivity contribution in [1.29, 1.82) is 0 Å². The summed E-state index contributed by atoms with van der Waals surface area (Å²) in [6.45, 7) is -0.0928. The molecule has 0 spiro atoms. The molecule has 3 rings (SSSR count). The molecule has 0 saturated heterocycles. The molecule has 0 saturated carbocycles. The third kappa shape index (κ3) is 1.91. The fourth-order valence-electron chi connectivity index (χ4n) is 2.20. The van der Waals surface area contributed by atoms with Crippen LogP contribution >= 0.6 is 11.6 Å². The summed E-state index contributed by atoms with van der Waals surface area (Å²) in [7, 11) is 0. The number of ether oxygens (including phenoxy) is 1. The summed E-state index contributed by atoms with van der Waals surface area (Å²) in [6, 6.07) is 13.6. The van der Waals surface area contributed by atoms with Crippen molar-refractivity contribution in [1.82, 2.24) is 0 Å². The van der Waals surface area contributed by atoms with Crippen LogP contribution in [0, 0.1) is 0 Å². The Balaban J connectivity index is 2.11. The third-order valence-corrected chi connectivity index (χ3v) is 3.48. The van der Waals surface area contributed by atoms with E-state index in [1.165, 1.54) is 6.07 Å². The van der Waals surface area contributed by atoms with Crippen LogP contribution in [0.2, 0.25) is 5.02 Å². The highest BCUT2D eigenvalue weighted by molar-refractivity contribution is 6.31. The quantitative estimate of drug-likeness (QED) is 0.870. The summed E-state index contributed by atoms with van der Waals surface area (Å²) in [5, 5.41) is 11.1. The molecule has 1 heterocycles. The minimum Gasteiger partial charge on any atom is -0.489 e. The number of halogens is 1. The zero-order chi connectivity index (χ0) is 13.5. The standard InChI is InChI=1S/C15H11ClO3/c16-11-6-7-13-12(8-11)14(17)15(18,9-19-13)10-4-2-1-3-5-10/h1-8,18H,9H2. The monoisotopic (exact) mass is 274 g/mol. The Bertz CT molecular complexity index is 639. The van der Waals surface area contributed by atoms with Crippen molar-refractivity contribution in [3.63, 3.8) is 0 Å². The van der Waals surface area contributed by atoms with Crippen LogP contribution in [0.1, 0.15) is 15.9 Å². The van der Waals surface area contributed by atoms with Gasteiger partial charge in [0, 0.05) is 5.02 Å². The van der Waals surface area contributed by atoms with Crippen LogP contribution in [0.3, 0.4) is 0 Å². The predicted octanol–water partition coefficient (Wildman–Crippen LogP) is 2.80. The number of carbonyl (C=O) groups is 1. The Kier molecular flexibility index (Phi) is 2.81. The molecule has 96 valence electrons. The second-order valence-corrected chi connectivity index (χ2v) is 4.92. The first kappa shape index (κ1) is 12.2. The van der Waals surface area contributed by atoms with Gasteiger partial charge in [-0.05, 0) is 23.8 Å². The van der Waals surface area contributed by atoms with Gasteiger partial charge in [-0.15, -0.1) is 0 Å². The van der Waals surface area contributed by atoms with Gasteiger partial charge in [0.15, 0.2) is 5.60 Å². The van der Waals surface area contributed by atoms with Gasteiger partial charge < -0.3 is 9.84 Å². The van der Waals surface area contributed by atoms with E-state index in [1.807, 2.05) is 6.07 Å². The van der Waals surface area contributed by atoms with Crippen molar-refractivity contribution in [2.75, 3.05) is 6.61 Å². The van der Waals surface area contributed by atoms with Gasteiger partial charge in [-0.1, -0.05) is 41.9 Å². The van der Waals surface area contributed by atoms with Crippen LogP contribution < -0.4 is 4.74 Å². The molecule has 4 heteroatoms. The molecule has 19 heavy (non-hydrogen) atoms. The lowest BCUT2D eigenvalue weighted by Crippen LogP contribution is -2.44. The Hall–Kier alpha value is -1.84. The smallest absolute Gasteiger partial charge is 0.206 e. The molecule has 3 nitrogen and oxygen atoms in total. The number of fused-ring (bicyclic) bond motifs is 1. The minimum absolute atomic E-state index is 0.0928. The number of ketones is 1. The molecule has 1 aliphatic heterocycles. The van der Waals surface area contributed by atoms with Crippen molar-refractivity contribution in [3.8, 4) is 5.75 Å². The highest BCUT2D eigenvalue weighted by atomic mass is 35.5. The van der Waals surface area contributed by atoms with Crippen molar-refractivity contribution in [2.45, 2.75) is 5.60 Å². The van der Waals surface area contributed by atoms with E-state index in [2.05, 4.69) is 0 Å². The van der Waals surface area contributed by atoms with Gasteiger partial charge in [0.05, 0.1) is 5.56 Å². The van der Waals surface area contributed by atoms with Gasteiger partial charge in [-0.3, -0.25) is 4.79 Å². The van der Waals surface area contributed by atoms with Crippen LogP contribution in [0.15, 0.2) is 48.5 Å². The van der Waals surface area contributed by atoms with Crippen molar-refractivity contribution in [3.05, 3.63) is 64.7 Å². The lowest BCUT2D eigenvalue weighted by atomic mass is 9.84. The van der Waals surface area contributed by atoms with Crippen LogP contribution in [0.5, 0.6) is 5.75 Å². The summed E-state index contributed by atoms with van der Waals surface area (Å²) in [5.74, 6) is 0.0671. The maximum Gasteiger partial charge on any atom is 0.206 e. The normalized spacial score (nSPS) is 21.7. The van der Waals surface area contributed by atoms with Crippen molar-refractivity contribution >= 4 is 17.4 Å². The maximum absolute atomic E-state index is 12.5. The Morgan fingerprint density at radius 3 is 2.63 bits per heavy atom. The molecule has 1 aliphatic rings. The first-order valence-corrected chi connectivity index (χ1v) is 6.24. The van der Waals surface area contributed by atoms with Gasteiger partial charge >= 0.3 is 0 Å². The van der Waals surface area contributed by atoms with E-state index in [4.69, 9.17) is 16.3 Å². The number of aliphatic hydroxyl groups is 1. The van der Waals surface area contributed by atoms with E-state index >= 15 is 0 Å². The average molecular weight is 275 g/mol. The van der Waals surface area contributed by atoms with Gasteiger partial charge in [0.25, 0.3) is 0 Å².